The van der Waals surface area contributed by atoms with E-state index in [4.69, 9.17) is 27.2 Å². The fourth-order valence-corrected chi connectivity index (χ4v) is 18.0. The molecular formula is C29H66O8Si3. The van der Waals surface area contributed by atoms with Crippen LogP contribution in [0.3, 0.4) is 0 Å². The lowest BCUT2D eigenvalue weighted by Gasteiger charge is -2.41. The van der Waals surface area contributed by atoms with Gasteiger partial charge in [0.05, 0.1) is 26.4 Å². The van der Waals surface area contributed by atoms with Gasteiger partial charge >= 0.3 is 20.5 Å². The number of hydrogen-bond donors (Lipinski definition) is 0. The maximum Gasteiger partial charge on any atom is 0.333 e. The second-order valence-corrected chi connectivity index (χ2v) is 23.0. The molecule has 0 fully saturated rings. The van der Waals surface area contributed by atoms with Crippen LogP contribution in [0.25, 0.3) is 0 Å². The third-order valence-corrected chi connectivity index (χ3v) is 17.6. The van der Waals surface area contributed by atoms with Crippen molar-refractivity contribution in [2.45, 2.75) is 114 Å². The minimum absolute atomic E-state index is 0. The van der Waals surface area contributed by atoms with Gasteiger partial charge < -0.3 is 27.2 Å². The minimum atomic E-state index is -2.52. The molecule has 0 rings (SSSR count). The van der Waals surface area contributed by atoms with Gasteiger partial charge in [0, 0.05) is 24.9 Å². The van der Waals surface area contributed by atoms with Crippen molar-refractivity contribution in [2.24, 2.45) is 0 Å². The second-order valence-electron chi connectivity index (χ2n) is 10.6. The van der Waals surface area contributed by atoms with Gasteiger partial charge in [-0.3, -0.25) is 0 Å². The fourth-order valence-electron chi connectivity index (χ4n) is 3.71. The number of methoxy groups -OCH3 is 1. The zero-order valence-corrected chi connectivity index (χ0v) is 27.0. The van der Waals surface area contributed by atoms with Crippen LogP contribution in [-0.4, -0.2) is 77.3 Å². The van der Waals surface area contributed by atoms with Crippen molar-refractivity contribution in [3.8, 4) is 0 Å². The van der Waals surface area contributed by atoms with Crippen LogP contribution in [0.1, 0.15) is 62.8 Å². The standard InChI is InChI=1S/C25H50O8Si3.4CH4/c1-22(2)24(26)30-15-12-19-34(6,7)32-36(10,21-11-14-29-18-17-28-5)33-35(8,9)20-13-16-31-25(27)23(3)4;;;;/h1,3,11-21H2,2,4-10H3;4*1H4. The smallest absolute Gasteiger partial charge is 0.333 e. The van der Waals surface area contributed by atoms with E-state index < -0.39 is 25.2 Å². The Kier molecular flexibility index (Phi) is 29.8. The first-order valence-electron chi connectivity index (χ1n) is 12.8. The third-order valence-electron chi connectivity index (χ3n) is 5.35. The van der Waals surface area contributed by atoms with Crippen LogP contribution < -0.4 is 0 Å². The van der Waals surface area contributed by atoms with Crippen LogP contribution >= 0.6 is 0 Å². The number of carbonyl (C=O) groups is 2. The Morgan fingerprint density at radius 2 is 0.975 bits per heavy atom. The average Bonchev–Trinajstić information content (AvgIpc) is 2.75. The Hall–Kier alpha value is -1.09. The van der Waals surface area contributed by atoms with E-state index in [-0.39, 0.29) is 41.6 Å². The van der Waals surface area contributed by atoms with Gasteiger partial charge in [-0.2, -0.15) is 0 Å². The molecule has 0 aromatic rings. The molecule has 11 heteroatoms. The number of esters is 2. The third kappa shape index (κ3) is 24.7. The largest absolute Gasteiger partial charge is 0.462 e. The Labute approximate surface area is 251 Å². The molecule has 8 nitrogen and oxygen atoms in total. The first-order valence-corrected chi connectivity index (χ1v) is 21.5. The summed E-state index contributed by atoms with van der Waals surface area (Å²) in [5, 5.41) is 0. The summed E-state index contributed by atoms with van der Waals surface area (Å²) >= 11 is 0. The molecule has 40 heavy (non-hydrogen) atoms. The van der Waals surface area contributed by atoms with Crippen LogP contribution in [0.2, 0.25) is 50.9 Å². The molecule has 0 spiro atoms. The average molecular weight is 627 g/mol. The molecule has 0 radical (unpaired) electrons. The Balaban J connectivity index is -0.00000102. The predicted molar refractivity (Wildman–Crippen MR) is 178 cm³/mol. The van der Waals surface area contributed by atoms with Crippen molar-refractivity contribution in [3.63, 3.8) is 0 Å². The van der Waals surface area contributed by atoms with Gasteiger partial charge in [0.1, 0.15) is 0 Å². The maximum atomic E-state index is 11.6. The van der Waals surface area contributed by atoms with Crippen molar-refractivity contribution in [1.29, 1.82) is 0 Å². The van der Waals surface area contributed by atoms with Crippen LogP contribution in [0.5, 0.6) is 0 Å². The van der Waals surface area contributed by atoms with Gasteiger partial charge in [-0.25, -0.2) is 9.59 Å². The monoisotopic (exact) mass is 626 g/mol. The van der Waals surface area contributed by atoms with E-state index in [1.807, 2.05) is 0 Å². The van der Waals surface area contributed by atoms with E-state index in [1.54, 1.807) is 21.0 Å². The molecule has 0 heterocycles. The number of rotatable bonds is 21. The minimum Gasteiger partial charge on any atom is -0.462 e. The summed E-state index contributed by atoms with van der Waals surface area (Å²) < 4.78 is 35.0. The molecule has 0 aliphatic rings. The van der Waals surface area contributed by atoms with Gasteiger partial charge in [0.15, 0.2) is 16.6 Å². The predicted octanol–water partition coefficient (Wildman–Crippen LogP) is 8.12. The van der Waals surface area contributed by atoms with Crippen molar-refractivity contribution in [2.75, 3.05) is 40.1 Å². The van der Waals surface area contributed by atoms with Gasteiger partial charge in [0.25, 0.3) is 0 Å². The van der Waals surface area contributed by atoms with E-state index >= 15 is 0 Å². The summed E-state index contributed by atoms with van der Waals surface area (Å²) in [6.45, 7) is 24.0. The second kappa shape index (κ2) is 24.5. The number of ether oxygens (including phenoxy) is 4. The van der Waals surface area contributed by atoms with Gasteiger partial charge in [-0.05, 0) is 84.0 Å². The van der Waals surface area contributed by atoms with Gasteiger partial charge in [0.2, 0.25) is 0 Å². The molecule has 0 saturated heterocycles. The molecule has 0 aromatic carbocycles. The molecule has 0 amide bonds. The molecule has 0 atom stereocenters. The molecule has 242 valence electrons. The summed E-state index contributed by atoms with van der Waals surface area (Å²) in [6.07, 6.45) is 2.35. The quantitative estimate of drug-likeness (QED) is 0.0546. The highest BCUT2D eigenvalue weighted by Crippen LogP contribution is 2.29. The van der Waals surface area contributed by atoms with E-state index in [1.165, 1.54) is 0 Å². The first kappa shape index (κ1) is 48.6. The molecule has 0 saturated carbocycles. The summed E-state index contributed by atoms with van der Waals surface area (Å²) in [5.41, 5.74) is 0.816. The van der Waals surface area contributed by atoms with Crippen LogP contribution in [0, 0.1) is 0 Å². The van der Waals surface area contributed by atoms with Crippen molar-refractivity contribution in [3.05, 3.63) is 24.3 Å². The lowest BCUT2D eigenvalue weighted by molar-refractivity contribution is -0.139. The van der Waals surface area contributed by atoms with Crippen molar-refractivity contribution < 1.29 is 36.8 Å². The Bertz CT molecular complexity index is 663. The Morgan fingerprint density at radius 3 is 1.32 bits per heavy atom. The van der Waals surface area contributed by atoms with Crippen LogP contribution in [0.4, 0.5) is 0 Å². The van der Waals surface area contributed by atoms with E-state index in [9.17, 15) is 9.59 Å². The van der Waals surface area contributed by atoms with E-state index in [0.717, 1.165) is 37.4 Å². The zero-order chi connectivity index (χ0) is 27.8. The molecule has 0 aliphatic carbocycles. The maximum absolute atomic E-state index is 11.6. The topological polar surface area (TPSA) is 89.5 Å². The zero-order valence-electron chi connectivity index (χ0n) is 24.0. The highest BCUT2D eigenvalue weighted by molar-refractivity contribution is 6.88. The van der Waals surface area contributed by atoms with Crippen LogP contribution in [0.15, 0.2) is 24.3 Å². The summed E-state index contributed by atoms with van der Waals surface area (Å²) in [7, 11) is -5.02. The SMILES string of the molecule is C.C.C.C.C=C(C)C(=O)OCCC[Si](C)(C)O[Si](C)(CCCOCCOC)O[Si](C)(C)CCCOC(=O)C(=C)C. The summed E-state index contributed by atoms with van der Waals surface area (Å²) in [6, 6.07) is 2.57. The van der Waals surface area contributed by atoms with E-state index in [0.29, 0.717) is 44.2 Å². The molecule has 0 N–H and O–H groups in total. The number of hydrogen-bond acceptors (Lipinski definition) is 8. The lowest BCUT2D eigenvalue weighted by Crippen LogP contribution is -2.54. The molecule has 0 aromatic heterocycles. The normalized spacial score (nSPS) is 11.1. The van der Waals surface area contributed by atoms with Gasteiger partial charge in [-0.15, -0.1) is 0 Å². The number of carbonyl (C=O) groups excluding carboxylic acids is 2. The van der Waals surface area contributed by atoms with Crippen LogP contribution in [-0.2, 0) is 36.8 Å². The van der Waals surface area contributed by atoms with Crippen molar-refractivity contribution in [1.82, 2.24) is 0 Å². The highest BCUT2D eigenvalue weighted by atomic mass is 28.5. The molecular weight excluding hydrogens is 561 g/mol. The van der Waals surface area contributed by atoms with Crippen molar-refractivity contribution >= 4 is 37.1 Å². The van der Waals surface area contributed by atoms with E-state index in [2.05, 4.69) is 45.9 Å². The highest BCUT2D eigenvalue weighted by Gasteiger charge is 2.42. The first-order chi connectivity index (χ1) is 16.6. The molecule has 0 unspecified atom stereocenters. The fraction of sp³-hybridized carbons (Fsp3) is 0.793. The molecule has 0 aliphatic heterocycles. The summed E-state index contributed by atoms with van der Waals surface area (Å²) in [5.74, 6) is -0.707. The molecule has 0 bridgehead atoms. The van der Waals surface area contributed by atoms with Gasteiger partial charge in [-0.1, -0.05) is 42.9 Å². The summed E-state index contributed by atoms with van der Waals surface area (Å²) in [4.78, 5) is 23.3. The Morgan fingerprint density at radius 1 is 0.600 bits per heavy atom. The lowest BCUT2D eigenvalue weighted by atomic mass is 10.4.